The Kier molecular flexibility index (Phi) is 4.20. The Morgan fingerprint density at radius 3 is 2.72 bits per heavy atom. The van der Waals surface area contributed by atoms with E-state index in [1.165, 1.54) is 0 Å². The highest BCUT2D eigenvalue weighted by molar-refractivity contribution is 5.97. The van der Waals surface area contributed by atoms with E-state index in [9.17, 15) is 5.11 Å². The summed E-state index contributed by atoms with van der Waals surface area (Å²) in [6, 6.07) is 7.83. The molecule has 2 N–H and O–H groups in total. The second kappa shape index (κ2) is 5.87. The highest BCUT2D eigenvalue weighted by Gasteiger charge is 2.20. The molecule has 1 aromatic rings. The summed E-state index contributed by atoms with van der Waals surface area (Å²) in [5.74, 6) is 0.222. The van der Waals surface area contributed by atoms with Gasteiger partial charge in [-0.3, -0.25) is 5.41 Å². The number of para-hydroxylation sites is 1. The summed E-state index contributed by atoms with van der Waals surface area (Å²) in [7, 11) is 0. The van der Waals surface area contributed by atoms with Crippen LogP contribution in [0, 0.1) is 5.41 Å². The van der Waals surface area contributed by atoms with Crippen LogP contribution in [-0.2, 0) is 4.74 Å². The molecule has 0 aliphatic carbocycles. The third kappa shape index (κ3) is 2.82. The first kappa shape index (κ1) is 12.9. The van der Waals surface area contributed by atoms with Crippen molar-refractivity contribution in [2.45, 2.75) is 25.9 Å². The summed E-state index contributed by atoms with van der Waals surface area (Å²) in [6.45, 7) is 4.05. The number of hydrogen-bond acceptors (Lipinski definition) is 4. The number of anilines is 1. The predicted octanol–water partition coefficient (Wildman–Crippen LogP) is 2.01. The third-order valence-corrected chi connectivity index (χ3v) is 3.24. The quantitative estimate of drug-likeness (QED) is 0.635. The van der Waals surface area contributed by atoms with E-state index >= 15 is 0 Å². The fourth-order valence-corrected chi connectivity index (χ4v) is 2.27. The van der Waals surface area contributed by atoms with Crippen LogP contribution >= 0.6 is 0 Å². The van der Waals surface area contributed by atoms with Crippen molar-refractivity contribution in [3.05, 3.63) is 29.8 Å². The zero-order chi connectivity index (χ0) is 13.0. The molecule has 2 rings (SSSR count). The van der Waals surface area contributed by atoms with Gasteiger partial charge in [0, 0.05) is 18.8 Å². The van der Waals surface area contributed by atoms with E-state index in [2.05, 4.69) is 4.90 Å². The monoisotopic (exact) mass is 248 g/mol. The van der Waals surface area contributed by atoms with Gasteiger partial charge in [0.2, 0.25) is 5.90 Å². The molecule has 1 heterocycles. The number of ether oxygens (including phenoxy) is 1. The molecule has 0 radical (unpaired) electrons. The zero-order valence-corrected chi connectivity index (χ0v) is 10.7. The second-order valence-corrected chi connectivity index (χ2v) is 4.50. The zero-order valence-electron chi connectivity index (χ0n) is 10.7. The smallest absolute Gasteiger partial charge is 0.215 e. The van der Waals surface area contributed by atoms with Crippen molar-refractivity contribution in [1.82, 2.24) is 0 Å². The Balaban J connectivity index is 2.19. The molecule has 1 saturated heterocycles. The van der Waals surface area contributed by atoms with Crippen LogP contribution in [0.5, 0.6) is 0 Å². The number of rotatable bonds is 3. The summed E-state index contributed by atoms with van der Waals surface area (Å²) in [4.78, 5) is 2.22. The minimum Gasteiger partial charge on any atom is -0.478 e. The van der Waals surface area contributed by atoms with E-state index in [1.54, 1.807) is 0 Å². The molecule has 18 heavy (non-hydrogen) atoms. The van der Waals surface area contributed by atoms with E-state index in [4.69, 9.17) is 10.1 Å². The summed E-state index contributed by atoms with van der Waals surface area (Å²) in [6.07, 6.45) is 1.40. The molecule has 0 unspecified atom stereocenters. The number of aliphatic hydroxyl groups is 1. The number of nitrogens with zero attached hydrogens (tertiary/aromatic N) is 1. The van der Waals surface area contributed by atoms with Gasteiger partial charge >= 0.3 is 0 Å². The molecule has 1 fully saturated rings. The van der Waals surface area contributed by atoms with Gasteiger partial charge in [0.15, 0.2) is 0 Å². The van der Waals surface area contributed by atoms with Crippen LogP contribution in [0.2, 0.25) is 0 Å². The molecular formula is C14H20N2O2. The van der Waals surface area contributed by atoms with Crippen LogP contribution < -0.4 is 4.90 Å². The average molecular weight is 248 g/mol. The molecule has 0 saturated carbocycles. The van der Waals surface area contributed by atoms with Crippen molar-refractivity contribution in [2.75, 3.05) is 24.6 Å². The van der Waals surface area contributed by atoms with Gasteiger partial charge in [-0.05, 0) is 31.9 Å². The van der Waals surface area contributed by atoms with E-state index in [0.29, 0.717) is 6.61 Å². The molecule has 0 aromatic heterocycles. The maximum absolute atomic E-state index is 9.54. The van der Waals surface area contributed by atoms with Crippen molar-refractivity contribution < 1.29 is 9.84 Å². The second-order valence-electron chi connectivity index (χ2n) is 4.50. The molecule has 1 aliphatic rings. The lowest BCUT2D eigenvalue weighted by atomic mass is 10.1. The van der Waals surface area contributed by atoms with Gasteiger partial charge in [0.05, 0.1) is 18.3 Å². The number of piperidine rings is 1. The standard InChI is InChI=1S/C14H20N2O2/c1-2-18-14(15)12-5-3-4-6-13(12)16-9-7-11(17)8-10-16/h3-6,11,15,17H,2,7-10H2,1H3. The molecule has 0 amide bonds. The molecule has 4 nitrogen and oxygen atoms in total. The molecule has 4 heteroatoms. The van der Waals surface area contributed by atoms with Gasteiger partial charge in [-0.1, -0.05) is 12.1 Å². The molecule has 98 valence electrons. The Morgan fingerprint density at radius 1 is 1.39 bits per heavy atom. The summed E-state index contributed by atoms with van der Waals surface area (Å²) in [5.41, 5.74) is 1.86. The third-order valence-electron chi connectivity index (χ3n) is 3.24. The van der Waals surface area contributed by atoms with Gasteiger partial charge in [0.25, 0.3) is 0 Å². The van der Waals surface area contributed by atoms with Crippen LogP contribution in [-0.4, -0.2) is 36.8 Å². The van der Waals surface area contributed by atoms with Gasteiger partial charge in [0.1, 0.15) is 0 Å². The molecular weight excluding hydrogens is 228 g/mol. The van der Waals surface area contributed by atoms with Gasteiger partial charge in [-0.25, -0.2) is 0 Å². The lowest BCUT2D eigenvalue weighted by Crippen LogP contribution is -2.36. The number of benzene rings is 1. The van der Waals surface area contributed by atoms with Gasteiger partial charge < -0.3 is 14.7 Å². The first-order valence-electron chi connectivity index (χ1n) is 6.46. The first-order chi connectivity index (χ1) is 8.72. The number of hydrogen-bond donors (Lipinski definition) is 2. The van der Waals surface area contributed by atoms with Crippen molar-refractivity contribution in [1.29, 1.82) is 5.41 Å². The van der Waals surface area contributed by atoms with E-state index in [-0.39, 0.29) is 12.0 Å². The average Bonchev–Trinajstić information content (AvgIpc) is 2.40. The topological polar surface area (TPSA) is 56.5 Å². The van der Waals surface area contributed by atoms with Gasteiger partial charge in [-0.15, -0.1) is 0 Å². The fraction of sp³-hybridized carbons (Fsp3) is 0.500. The largest absolute Gasteiger partial charge is 0.478 e. The van der Waals surface area contributed by atoms with E-state index in [0.717, 1.165) is 37.2 Å². The Morgan fingerprint density at radius 2 is 2.06 bits per heavy atom. The van der Waals surface area contributed by atoms with Crippen molar-refractivity contribution in [2.24, 2.45) is 0 Å². The van der Waals surface area contributed by atoms with Crippen LogP contribution in [0.4, 0.5) is 5.69 Å². The fourth-order valence-electron chi connectivity index (χ4n) is 2.27. The SMILES string of the molecule is CCOC(=N)c1ccccc1N1CCC(O)CC1. The minimum atomic E-state index is -0.181. The summed E-state index contributed by atoms with van der Waals surface area (Å²) < 4.78 is 5.29. The molecule has 0 atom stereocenters. The van der Waals surface area contributed by atoms with E-state index < -0.39 is 0 Å². The lowest BCUT2D eigenvalue weighted by Gasteiger charge is -2.32. The van der Waals surface area contributed by atoms with Crippen molar-refractivity contribution in [3.8, 4) is 0 Å². The molecule has 1 aliphatic heterocycles. The van der Waals surface area contributed by atoms with Crippen molar-refractivity contribution in [3.63, 3.8) is 0 Å². The predicted molar refractivity (Wildman–Crippen MR) is 72.4 cm³/mol. The maximum Gasteiger partial charge on any atom is 0.215 e. The van der Waals surface area contributed by atoms with Crippen LogP contribution in [0.25, 0.3) is 0 Å². The Labute approximate surface area is 108 Å². The minimum absolute atomic E-state index is 0.181. The van der Waals surface area contributed by atoms with Crippen LogP contribution in [0.1, 0.15) is 25.3 Å². The van der Waals surface area contributed by atoms with Gasteiger partial charge in [-0.2, -0.15) is 0 Å². The highest BCUT2D eigenvalue weighted by Crippen LogP contribution is 2.24. The number of aliphatic hydroxyl groups excluding tert-OH is 1. The van der Waals surface area contributed by atoms with Crippen LogP contribution in [0.15, 0.2) is 24.3 Å². The normalized spacial score (nSPS) is 16.7. The number of nitrogens with one attached hydrogen (secondary N) is 1. The van der Waals surface area contributed by atoms with Crippen molar-refractivity contribution >= 4 is 11.6 Å². The van der Waals surface area contributed by atoms with Crippen LogP contribution in [0.3, 0.4) is 0 Å². The highest BCUT2D eigenvalue weighted by atomic mass is 16.5. The summed E-state index contributed by atoms with van der Waals surface area (Å²) >= 11 is 0. The molecule has 1 aromatic carbocycles. The Hall–Kier alpha value is -1.55. The summed E-state index contributed by atoms with van der Waals surface area (Å²) in [5, 5.41) is 17.5. The first-order valence-corrected chi connectivity index (χ1v) is 6.46. The molecule has 0 bridgehead atoms. The van der Waals surface area contributed by atoms with E-state index in [1.807, 2.05) is 31.2 Å². The maximum atomic E-state index is 9.54. The Bertz CT molecular complexity index is 412. The molecule has 0 spiro atoms. The lowest BCUT2D eigenvalue weighted by molar-refractivity contribution is 0.145.